The van der Waals surface area contributed by atoms with E-state index in [1.165, 1.54) is 6.33 Å². The molecular weight excluding hydrogens is 166 g/mol. The Hall–Kier alpha value is -1.16. The highest BCUT2D eigenvalue weighted by molar-refractivity contribution is 5.97. The Morgan fingerprint density at radius 2 is 2.36 bits per heavy atom. The second-order valence-corrected chi connectivity index (χ2v) is 2.12. The van der Waals surface area contributed by atoms with Gasteiger partial charge in [0.15, 0.2) is 0 Å². The van der Waals surface area contributed by atoms with E-state index in [4.69, 9.17) is 0 Å². The number of fused-ring (bicyclic) bond motifs is 1. The van der Waals surface area contributed by atoms with Crippen LogP contribution < -0.4 is 5.32 Å². The maximum Gasteiger partial charge on any atom is 0.230 e. The Labute approximate surface area is 69.5 Å². The van der Waals surface area contributed by atoms with Gasteiger partial charge in [0.05, 0.1) is 6.42 Å². The number of halogens is 1. The summed E-state index contributed by atoms with van der Waals surface area (Å²) in [5.41, 5.74) is 0.882. The summed E-state index contributed by atoms with van der Waals surface area (Å²) in [6, 6.07) is 0. The minimum absolute atomic E-state index is 0. The van der Waals surface area contributed by atoms with E-state index in [0.717, 1.165) is 5.56 Å². The van der Waals surface area contributed by atoms with Crippen molar-refractivity contribution in [3.63, 3.8) is 0 Å². The van der Waals surface area contributed by atoms with Gasteiger partial charge in [0.2, 0.25) is 5.91 Å². The van der Waals surface area contributed by atoms with Crippen LogP contribution in [0, 0.1) is 0 Å². The summed E-state index contributed by atoms with van der Waals surface area (Å²) >= 11 is 0. The third-order valence-corrected chi connectivity index (χ3v) is 1.40. The minimum Gasteiger partial charge on any atom is -0.310 e. The summed E-state index contributed by atoms with van der Waals surface area (Å²) in [5, 5.41) is 2.61. The van der Waals surface area contributed by atoms with Crippen LogP contribution in [0.2, 0.25) is 0 Å². The van der Waals surface area contributed by atoms with Crippen molar-refractivity contribution in [1.82, 2.24) is 9.97 Å². The van der Waals surface area contributed by atoms with Crippen LogP contribution in [0.25, 0.3) is 0 Å². The summed E-state index contributed by atoms with van der Waals surface area (Å²) in [7, 11) is 0. The largest absolute Gasteiger partial charge is 0.310 e. The molecule has 0 radical (unpaired) electrons. The number of anilines is 1. The number of carbonyl (C=O) groups is 1. The molecule has 0 saturated heterocycles. The van der Waals surface area contributed by atoms with Gasteiger partial charge in [0.25, 0.3) is 0 Å². The summed E-state index contributed by atoms with van der Waals surface area (Å²) in [4.78, 5) is 18.4. The van der Waals surface area contributed by atoms with E-state index in [9.17, 15) is 4.79 Å². The van der Waals surface area contributed by atoms with Crippen molar-refractivity contribution in [3.8, 4) is 0 Å². The number of rotatable bonds is 0. The van der Waals surface area contributed by atoms with E-state index < -0.39 is 0 Å². The Balaban J connectivity index is 0.000000605. The lowest BCUT2D eigenvalue weighted by Crippen LogP contribution is -2.04. The van der Waals surface area contributed by atoms with E-state index in [1.807, 2.05) is 0 Å². The van der Waals surface area contributed by atoms with Crippen LogP contribution in [0.4, 0.5) is 5.82 Å². The zero-order chi connectivity index (χ0) is 6.97. The molecule has 11 heavy (non-hydrogen) atoms. The molecule has 0 atom stereocenters. The first kappa shape index (κ1) is 7.94. The van der Waals surface area contributed by atoms with Crippen molar-refractivity contribution in [2.45, 2.75) is 6.42 Å². The van der Waals surface area contributed by atoms with Crippen LogP contribution in [0.5, 0.6) is 0 Å². The fourth-order valence-corrected chi connectivity index (χ4v) is 0.950. The van der Waals surface area contributed by atoms with Gasteiger partial charge in [-0.3, -0.25) is 4.79 Å². The van der Waals surface area contributed by atoms with Gasteiger partial charge < -0.3 is 5.32 Å². The molecule has 2 heterocycles. The first-order chi connectivity index (χ1) is 4.86. The summed E-state index contributed by atoms with van der Waals surface area (Å²) in [6.45, 7) is 0. The molecule has 4 nitrogen and oxygen atoms in total. The summed E-state index contributed by atoms with van der Waals surface area (Å²) in [5.74, 6) is 0.649. The van der Waals surface area contributed by atoms with Crippen LogP contribution in [0.1, 0.15) is 5.56 Å². The number of amides is 1. The molecule has 0 saturated carbocycles. The van der Waals surface area contributed by atoms with Gasteiger partial charge >= 0.3 is 0 Å². The van der Waals surface area contributed by atoms with Crippen molar-refractivity contribution in [2.75, 3.05) is 5.32 Å². The predicted octanol–water partition coefficient (Wildman–Crippen LogP) is 0.393. The zero-order valence-electron chi connectivity index (χ0n) is 5.57. The van der Waals surface area contributed by atoms with E-state index >= 15 is 0 Å². The zero-order valence-corrected chi connectivity index (χ0v) is 6.39. The smallest absolute Gasteiger partial charge is 0.230 e. The predicted molar refractivity (Wildman–Crippen MR) is 41.6 cm³/mol. The monoisotopic (exact) mass is 171 g/mol. The molecule has 2 rings (SSSR count). The number of carbonyl (C=O) groups excluding carboxylic acids is 1. The third kappa shape index (κ3) is 1.30. The fraction of sp³-hybridized carbons (Fsp3) is 0.167. The molecule has 0 unspecified atom stereocenters. The van der Waals surface area contributed by atoms with Gasteiger partial charge in [-0.1, -0.05) is 0 Å². The molecule has 0 aliphatic carbocycles. The van der Waals surface area contributed by atoms with Crippen LogP contribution in [-0.2, 0) is 11.2 Å². The van der Waals surface area contributed by atoms with Gasteiger partial charge in [-0.2, -0.15) is 0 Å². The van der Waals surface area contributed by atoms with Crippen LogP contribution in [0.15, 0.2) is 12.5 Å². The molecule has 0 bridgehead atoms. The molecule has 5 heteroatoms. The Morgan fingerprint density at radius 1 is 1.55 bits per heavy atom. The summed E-state index contributed by atoms with van der Waals surface area (Å²) < 4.78 is 0. The summed E-state index contributed by atoms with van der Waals surface area (Å²) in [6.07, 6.45) is 3.49. The average Bonchev–Trinajstić information content (AvgIpc) is 2.27. The maximum atomic E-state index is 10.7. The van der Waals surface area contributed by atoms with E-state index in [-0.39, 0.29) is 18.3 Å². The number of hydrogen-bond donors (Lipinski definition) is 1. The average molecular weight is 172 g/mol. The molecule has 0 spiro atoms. The number of aromatic nitrogens is 2. The quantitative estimate of drug-likeness (QED) is 0.615. The van der Waals surface area contributed by atoms with Gasteiger partial charge in [-0.25, -0.2) is 9.97 Å². The standard InChI is InChI=1S/C6H5N3O.ClH/c10-5-1-4-2-7-3-8-6(4)9-5;/h2-3H,1H2,(H,7,8,9,10);1H. The second kappa shape index (κ2) is 2.84. The van der Waals surface area contributed by atoms with Crippen LogP contribution in [-0.4, -0.2) is 15.9 Å². The lowest BCUT2D eigenvalue weighted by atomic mass is 10.3. The molecule has 1 aromatic rings. The van der Waals surface area contributed by atoms with E-state index in [0.29, 0.717) is 12.2 Å². The van der Waals surface area contributed by atoms with Gasteiger partial charge in [-0.15, -0.1) is 12.4 Å². The number of nitrogens with one attached hydrogen (secondary N) is 1. The van der Waals surface area contributed by atoms with Crippen molar-refractivity contribution < 1.29 is 4.79 Å². The Bertz CT molecular complexity index is 262. The van der Waals surface area contributed by atoms with Gasteiger partial charge in [0, 0.05) is 11.8 Å². The molecule has 0 aromatic carbocycles. The lowest BCUT2D eigenvalue weighted by Gasteiger charge is -1.91. The topological polar surface area (TPSA) is 54.9 Å². The van der Waals surface area contributed by atoms with Crippen molar-refractivity contribution in [3.05, 3.63) is 18.1 Å². The molecule has 1 amide bonds. The van der Waals surface area contributed by atoms with Crippen LogP contribution >= 0.6 is 12.4 Å². The van der Waals surface area contributed by atoms with Gasteiger partial charge in [-0.05, 0) is 0 Å². The van der Waals surface area contributed by atoms with E-state index in [1.54, 1.807) is 6.20 Å². The first-order valence-corrected chi connectivity index (χ1v) is 2.95. The molecular formula is C6H6ClN3O. The molecule has 1 aliphatic rings. The van der Waals surface area contributed by atoms with Crippen LogP contribution in [0.3, 0.4) is 0 Å². The molecule has 1 aliphatic heterocycles. The second-order valence-electron chi connectivity index (χ2n) is 2.12. The van der Waals surface area contributed by atoms with Crippen molar-refractivity contribution in [2.24, 2.45) is 0 Å². The maximum absolute atomic E-state index is 10.7. The SMILES string of the molecule is Cl.O=C1Cc2cncnc2N1. The van der Waals surface area contributed by atoms with Gasteiger partial charge in [0.1, 0.15) is 12.1 Å². The highest BCUT2D eigenvalue weighted by Gasteiger charge is 2.17. The molecule has 1 aromatic heterocycles. The number of nitrogens with zero attached hydrogens (tertiary/aromatic N) is 2. The Kier molecular flexibility index (Phi) is 2.05. The Morgan fingerprint density at radius 3 is 3.09 bits per heavy atom. The number of hydrogen-bond acceptors (Lipinski definition) is 3. The minimum atomic E-state index is -0.00417. The fourth-order valence-electron chi connectivity index (χ4n) is 0.950. The highest BCUT2D eigenvalue weighted by Crippen LogP contribution is 2.16. The van der Waals surface area contributed by atoms with Crippen molar-refractivity contribution >= 4 is 24.1 Å². The molecule has 58 valence electrons. The first-order valence-electron chi connectivity index (χ1n) is 2.95. The molecule has 1 N–H and O–H groups in total. The molecule has 0 fully saturated rings. The third-order valence-electron chi connectivity index (χ3n) is 1.40. The van der Waals surface area contributed by atoms with E-state index in [2.05, 4.69) is 15.3 Å². The normalized spacial score (nSPS) is 13.3. The lowest BCUT2D eigenvalue weighted by molar-refractivity contribution is -0.115. The van der Waals surface area contributed by atoms with Crippen molar-refractivity contribution in [1.29, 1.82) is 0 Å². The highest BCUT2D eigenvalue weighted by atomic mass is 35.5.